The Morgan fingerprint density at radius 2 is 1.78 bits per heavy atom. The highest BCUT2D eigenvalue weighted by molar-refractivity contribution is 7.89. The van der Waals surface area contributed by atoms with E-state index in [4.69, 9.17) is 0 Å². The molecule has 0 spiro atoms. The summed E-state index contributed by atoms with van der Waals surface area (Å²) in [5, 5.41) is 5.34. The Balaban J connectivity index is 1.73. The van der Waals surface area contributed by atoms with Crippen LogP contribution in [0.25, 0.3) is 0 Å². The molecule has 2 rings (SSSR count). The molecule has 150 valence electrons. The number of carbonyl (C=O) groups is 2. The highest BCUT2D eigenvalue weighted by atomic mass is 32.2. The topological polar surface area (TPSA) is 108 Å². The number of urea groups is 1. The van der Waals surface area contributed by atoms with Crippen LogP contribution in [0.4, 0.5) is 4.79 Å². The number of carbonyl (C=O) groups excluding carboxylic acids is 2. The summed E-state index contributed by atoms with van der Waals surface area (Å²) in [6.45, 7) is 2.07. The van der Waals surface area contributed by atoms with Gasteiger partial charge in [-0.05, 0) is 37.6 Å². The second-order valence-electron chi connectivity index (χ2n) is 6.51. The van der Waals surface area contributed by atoms with E-state index in [1.165, 1.54) is 32.0 Å². The summed E-state index contributed by atoms with van der Waals surface area (Å²) in [4.78, 5) is 26.1. The Labute approximate surface area is 160 Å². The number of rotatable bonds is 7. The molecular weight excluding hydrogens is 368 g/mol. The molecule has 1 saturated heterocycles. The quantitative estimate of drug-likeness (QED) is 0.643. The molecule has 8 nitrogen and oxygen atoms in total. The molecule has 27 heavy (non-hydrogen) atoms. The Hall–Kier alpha value is -2.13. The van der Waals surface area contributed by atoms with Crippen LogP contribution in [0.1, 0.15) is 37.7 Å². The summed E-state index contributed by atoms with van der Waals surface area (Å²) in [6.07, 6.45) is 4.70. The van der Waals surface area contributed by atoms with Gasteiger partial charge >= 0.3 is 6.03 Å². The number of benzene rings is 1. The molecule has 0 unspecified atom stereocenters. The first-order valence-electron chi connectivity index (χ1n) is 9.24. The van der Waals surface area contributed by atoms with E-state index in [0.717, 1.165) is 25.9 Å². The fourth-order valence-corrected chi connectivity index (χ4v) is 3.75. The average molecular weight is 397 g/mol. The third kappa shape index (κ3) is 6.84. The zero-order valence-corrected chi connectivity index (χ0v) is 16.5. The van der Waals surface area contributed by atoms with Crippen LogP contribution in [0.2, 0.25) is 0 Å². The lowest BCUT2D eigenvalue weighted by molar-refractivity contribution is -0.131. The summed E-state index contributed by atoms with van der Waals surface area (Å²) >= 11 is 0. The van der Waals surface area contributed by atoms with Crippen molar-refractivity contribution < 1.29 is 18.0 Å². The van der Waals surface area contributed by atoms with Gasteiger partial charge in [-0.25, -0.2) is 17.9 Å². The van der Waals surface area contributed by atoms with Crippen molar-refractivity contribution in [3.8, 4) is 0 Å². The number of sulfonamides is 1. The maximum atomic E-state index is 12.2. The van der Waals surface area contributed by atoms with Crippen molar-refractivity contribution in [2.75, 3.05) is 26.7 Å². The summed E-state index contributed by atoms with van der Waals surface area (Å²) < 4.78 is 25.9. The van der Waals surface area contributed by atoms with Crippen LogP contribution in [-0.4, -0.2) is 51.9 Å². The molecule has 9 heteroatoms. The first-order valence-corrected chi connectivity index (χ1v) is 10.7. The molecule has 0 aromatic heterocycles. The van der Waals surface area contributed by atoms with E-state index in [9.17, 15) is 18.0 Å². The highest BCUT2D eigenvalue weighted by Crippen LogP contribution is 2.11. The number of hydrogen-bond acceptors (Lipinski definition) is 4. The molecule has 1 aliphatic rings. The lowest BCUT2D eigenvalue weighted by Crippen LogP contribution is -2.39. The molecule has 3 amide bonds. The number of likely N-dealkylation sites (tertiary alicyclic amines) is 1. The van der Waals surface area contributed by atoms with Crippen molar-refractivity contribution >= 4 is 22.0 Å². The van der Waals surface area contributed by atoms with Crippen LogP contribution in [0.15, 0.2) is 29.2 Å². The zero-order chi connectivity index (χ0) is 19.7. The van der Waals surface area contributed by atoms with Gasteiger partial charge in [-0.15, -0.1) is 0 Å². The number of nitrogens with zero attached hydrogens (tertiary/aromatic N) is 1. The minimum atomic E-state index is -3.52. The standard InChI is InChI=1S/C18H28N4O4S/c1-19-27(25,26)16-8-6-7-15(13-16)14-21-18(24)20-10-9-17(23)22-11-4-2-3-5-12-22/h6-8,13,19H,2-5,9-12,14H2,1H3,(H2,20,21,24). The lowest BCUT2D eigenvalue weighted by atomic mass is 10.2. The van der Waals surface area contributed by atoms with Gasteiger partial charge in [0.05, 0.1) is 4.90 Å². The third-order valence-electron chi connectivity index (χ3n) is 4.51. The minimum Gasteiger partial charge on any atom is -0.343 e. The second-order valence-corrected chi connectivity index (χ2v) is 8.40. The van der Waals surface area contributed by atoms with Gasteiger partial charge in [-0.2, -0.15) is 0 Å². The second kappa shape index (κ2) is 10.3. The predicted octanol–water partition coefficient (Wildman–Crippen LogP) is 1.19. The minimum absolute atomic E-state index is 0.0715. The van der Waals surface area contributed by atoms with Crippen LogP contribution in [0.5, 0.6) is 0 Å². The molecule has 0 saturated carbocycles. The maximum Gasteiger partial charge on any atom is 0.315 e. The van der Waals surface area contributed by atoms with E-state index in [1.54, 1.807) is 12.1 Å². The number of amides is 3. The fourth-order valence-electron chi connectivity index (χ4n) is 2.95. The van der Waals surface area contributed by atoms with E-state index in [0.29, 0.717) is 5.56 Å². The van der Waals surface area contributed by atoms with E-state index in [2.05, 4.69) is 15.4 Å². The molecule has 0 bridgehead atoms. The van der Waals surface area contributed by atoms with Gasteiger partial charge in [0, 0.05) is 32.6 Å². The molecular formula is C18H28N4O4S. The molecule has 1 aromatic rings. The van der Waals surface area contributed by atoms with Crippen molar-refractivity contribution in [1.82, 2.24) is 20.3 Å². The highest BCUT2D eigenvalue weighted by Gasteiger charge is 2.15. The van der Waals surface area contributed by atoms with Gasteiger partial charge in [0.15, 0.2) is 0 Å². The molecule has 3 N–H and O–H groups in total. The fraction of sp³-hybridized carbons (Fsp3) is 0.556. The van der Waals surface area contributed by atoms with Crippen LogP contribution in [0.3, 0.4) is 0 Å². The van der Waals surface area contributed by atoms with Gasteiger partial charge in [-0.1, -0.05) is 25.0 Å². The normalized spacial score (nSPS) is 15.1. The van der Waals surface area contributed by atoms with Crippen molar-refractivity contribution in [1.29, 1.82) is 0 Å². The third-order valence-corrected chi connectivity index (χ3v) is 5.93. The largest absolute Gasteiger partial charge is 0.343 e. The first-order chi connectivity index (χ1) is 12.9. The van der Waals surface area contributed by atoms with Crippen LogP contribution >= 0.6 is 0 Å². The molecule has 0 atom stereocenters. The summed E-state index contributed by atoms with van der Waals surface area (Å²) in [5.41, 5.74) is 0.669. The Morgan fingerprint density at radius 1 is 1.07 bits per heavy atom. The Kier molecular flexibility index (Phi) is 8.05. The van der Waals surface area contributed by atoms with Crippen molar-refractivity contribution in [2.45, 2.75) is 43.5 Å². The SMILES string of the molecule is CNS(=O)(=O)c1cccc(CNC(=O)NCCC(=O)N2CCCCCC2)c1. The molecule has 0 radical (unpaired) electrons. The van der Waals surface area contributed by atoms with Crippen molar-refractivity contribution in [3.63, 3.8) is 0 Å². The maximum absolute atomic E-state index is 12.2. The first kappa shape index (κ1) is 21.2. The molecule has 1 heterocycles. The average Bonchev–Trinajstić information content (AvgIpc) is 2.96. The van der Waals surface area contributed by atoms with E-state index >= 15 is 0 Å². The van der Waals surface area contributed by atoms with E-state index < -0.39 is 10.0 Å². The van der Waals surface area contributed by atoms with Crippen LogP contribution in [0, 0.1) is 0 Å². The number of nitrogens with one attached hydrogen (secondary N) is 3. The van der Waals surface area contributed by atoms with Crippen LogP contribution < -0.4 is 15.4 Å². The molecule has 0 aliphatic carbocycles. The molecule has 1 fully saturated rings. The van der Waals surface area contributed by atoms with E-state index in [1.807, 2.05) is 4.90 Å². The molecule has 1 aromatic carbocycles. The van der Waals surface area contributed by atoms with Crippen molar-refractivity contribution in [3.05, 3.63) is 29.8 Å². The van der Waals surface area contributed by atoms with Gasteiger partial charge in [0.25, 0.3) is 0 Å². The molecule has 1 aliphatic heterocycles. The number of hydrogen-bond donors (Lipinski definition) is 3. The lowest BCUT2D eigenvalue weighted by Gasteiger charge is -2.20. The monoisotopic (exact) mass is 396 g/mol. The Bertz CT molecular complexity index is 743. The zero-order valence-electron chi connectivity index (χ0n) is 15.7. The van der Waals surface area contributed by atoms with E-state index in [-0.39, 0.29) is 36.3 Å². The van der Waals surface area contributed by atoms with Gasteiger partial charge in [-0.3, -0.25) is 4.79 Å². The van der Waals surface area contributed by atoms with Crippen molar-refractivity contribution in [2.24, 2.45) is 0 Å². The van der Waals surface area contributed by atoms with Crippen LogP contribution in [-0.2, 0) is 21.4 Å². The smallest absolute Gasteiger partial charge is 0.315 e. The Morgan fingerprint density at radius 3 is 2.44 bits per heavy atom. The van der Waals surface area contributed by atoms with Gasteiger partial charge in [0.2, 0.25) is 15.9 Å². The summed E-state index contributed by atoms with van der Waals surface area (Å²) in [6, 6.07) is 5.97. The van der Waals surface area contributed by atoms with Gasteiger partial charge in [0.1, 0.15) is 0 Å². The van der Waals surface area contributed by atoms with Gasteiger partial charge < -0.3 is 15.5 Å². The predicted molar refractivity (Wildman–Crippen MR) is 103 cm³/mol. The summed E-state index contributed by atoms with van der Waals surface area (Å²) in [5.74, 6) is 0.0715. The summed E-state index contributed by atoms with van der Waals surface area (Å²) in [7, 11) is -2.17.